The monoisotopic (exact) mass is 319 g/mol. The van der Waals surface area contributed by atoms with Crippen molar-refractivity contribution in [2.75, 3.05) is 34.4 Å². The van der Waals surface area contributed by atoms with Gasteiger partial charge >= 0.3 is 0 Å². The van der Waals surface area contributed by atoms with Crippen LogP contribution in [0.3, 0.4) is 0 Å². The lowest BCUT2D eigenvalue weighted by Gasteiger charge is -2.49. The summed E-state index contributed by atoms with van der Waals surface area (Å²) in [6.45, 7) is 2.33. The van der Waals surface area contributed by atoms with Gasteiger partial charge in [0.2, 0.25) is 0 Å². The van der Waals surface area contributed by atoms with E-state index in [1.165, 1.54) is 38.6 Å². The van der Waals surface area contributed by atoms with Crippen LogP contribution in [-0.4, -0.2) is 51.0 Å². The van der Waals surface area contributed by atoms with E-state index in [1.807, 2.05) is 24.3 Å². The molecule has 4 heteroatoms. The van der Waals surface area contributed by atoms with Crippen LogP contribution >= 0.6 is 0 Å². The van der Waals surface area contributed by atoms with E-state index in [-0.39, 0.29) is 0 Å². The van der Waals surface area contributed by atoms with Crippen molar-refractivity contribution in [2.24, 2.45) is 5.92 Å². The molecule has 0 amide bonds. The Balaban J connectivity index is 0.000000142. The summed E-state index contributed by atoms with van der Waals surface area (Å²) in [4.78, 5) is 2.55. The van der Waals surface area contributed by atoms with Crippen LogP contribution in [0.4, 0.5) is 0 Å². The highest BCUT2D eigenvalue weighted by Crippen LogP contribution is 2.46. The highest BCUT2D eigenvalue weighted by molar-refractivity contribution is 5.39. The number of hydrogen-bond donors (Lipinski definition) is 0. The van der Waals surface area contributed by atoms with Crippen LogP contribution in [0.5, 0.6) is 11.5 Å². The van der Waals surface area contributed by atoms with E-state index in [4.69, 9.17) is 14.2 Å². The van der Waals surface area contributed by atoms with Gasteiger partial charge in [-0.25, -0.2) is 0 Å². The van der Waals surface area contributed by atoms with Gasteiger partial charge < -0.3 is 19.1 Å². The van der Waals surface area contributed by atoms with Crippen molar-refractivity contribution in [1.29, 1.82) is 0 Å². The topological polar surface area (TPSA) is 30.9 Å². The molecule has 0 bridgehead atoms. The molecule has 23 heavy (non-hydrogen) atoms. The molecule has 3 atom stereocenters. The van der Waals surface area contributed by atoms with Gasteiger partial charge in [-0.1, -0.05) is 12.1 Å². The molecule has 2 heterocycles. The lowest BCUT2D eigenvalue weighted by Crippen LogP contribution is -2.52. The summed E-state index contributed by atoms with van der Waals surface area (Å²) in [5.74, 6) is 2.52. The Morgan fingerprint density at radius 2 is 1.74 bits per heavy atom. The van der Waals surface area contributed by atoms with Crippen molar-refractivity contribution >= 4 is 0 Å². The van der Waals surface area contributed by atoms with Crippen LogP contribution in [0.25, 0.3) is 0 Å². The number of fused-ring (bicyclic) bond motifs is 1. The number of nitrogens with zero attached hydrogens (tertiary/aromatic N) is 1. The van der Waals surface area contributed by atoms with Gasteiger partial charge in [0.1, 0.15) is 0 Å². The normalized spacial score (nSPS) is 32.5. The zero-order valence-electron chi connectivity index (χ0n) is 14.6. The Bertz CT molecular complexity index is 492. The zero-order chi connectivity index (χ0) is 16.3. The van der Waals surface area contributed by atoms with Gasteiger partial charge in [0.25, 0.3) is 0 Å². The maximum atomic E-state index is 5.79. The first-order valence-electron chi connectivity index (χ1n) is 8.69. The molecule has 0 N–H and O–H groups in total. The molecular weight excluding hydrogens is 290 g/mol. The minimum Gasteiger partial charge on any atom is -0.493 e. The van der Waals surface area contributed by atoms with E-state index < -0.39 is 0 Å². The molecule has 2 aliphatic heterocycles. The Morgan fingerprint density at radius 1 is 1.09 bits per heavy atom. The van der Waals surface area contributed by atoms with E-state index in [2.05, 4.69) is 11.9 Å². The van der Waals surface area contributed by atoms with E-state index in [9.17, 15) is 0 Å². The molecule has 3 aliphatic rings. The van der Waals surface area contributed by atoms with Crippen LogP contribution in [-0.2, 0) is 4.74 Å². The fourth-order valence-electron chi connectivity index (χ4n) is 4.21. The van der Waals surface area contributed by atoms with Crippen molar-refractivity contribution in [3.05, 3.63) is 24.3 Å². The second-order valence-corrected chi connectivity index (χ2v) is 6.98. The van der Waals surface area contributed by atoms with Gasteiger partial charge in [-0.15, -0.1) is 0 Å². The lowest BCUT2D eigenvalue weighted by atomic mass is 9.72. The number of methoxy groups -OCH3 is 2. The largest absolute Gasteiger partial charge is 0.493 e. The fourth-order valence-corrected chi connectivity index (χ4v) is 4.21. The third-order valence-electron chi connectivity index (χ3n) is 5.77. The smallest absolute Gasteiger partial charge is 0.160 e. The van der Waals surface area contributed by atoms with Crippen LogP contribution in [0.2, 0.25) is 0 Å². The highest BCUT2D eigenvalue weighted by atomic mass is 16.5. The summed E-state index contributed by atoms with van der Waals surface area (Å²) in [6, 6.07) is 8.37. The van der Waals surface area contributed by atoms with Crippen LogP contribution in [0.15, 0.2) is 24.3 Å². The molecule has 3 fully saturated rings. The average molecular weight is 319 g/mol. The minimum absolute atomic E-state index is 0.333. The molecule has 2 saturated heterocycles. The Labute approximate surface area is 139 Å². The van der Waals surface area contributed by atoms with E-state index in [0.29, 0.717) is 5.60 Å². The Morgan fingerprint density at radius 3 is 2.26 bits per heavy atom. The van der Waals surface area contributed by atoms with E-state index in [1.54, 1.807) is 14.2 Å². The highest BCUT2D eigenvalue weighted by Gasteiger charge is 2.48. The van der Waals surface area contributed by atoms with Crippen molar-refractivity contribution in [3.63, 3.8) is 0 Å². The van der Waals surface area contributed by atoms with Gasteiger partial charge in [0, 0.05) is 6.04 Å². The van der Waals surface area contributed by atoms with Gasteiger partial charge in [-0.05, 0) is 63.7 Å². The first-order valence-corrected chi connectivity index (χ1v) is 8.69. The average Bonchev–Trinajstić information content (AvgIpc) is 2.94. The quantitative estimate of drug-likeness (QED) is 0.836. The molecule has 1 aromatic carbocycles. The molecule has 1 aliphatic carbocycles. The summed E-state index contributed by atoms with van der Waals surface area (Å²) < 4.78 is 15.8. The van der Waals surface area contributed by atoms with Crippen molar-refractivity contribution in [3.8, 4) is 11.5 Å². The number of benzene rings is 1. The Kier molecular flexibility index (Phi) is 5.12. The number of para-hydroxylation sites is 2. The van der Waals surface area contributed by atoms with Gasteiger partial charge in [0.05, 0.1) is 26.4 Å². The summed E-state index contributed by atoms with van der Waals surface area (Å²) >= 11 is 0. The van der Waals surface area contributed by atoms with Crippen LogP contribution in [0, 0.1) is 5.92 Å². The number of ether oxygens (including phenoxy) is 3. The Hall–Kier alpha value is -1.26. The van der Waals surface area contributed by atoms with Gasteiger partial charge in [0.15, 0.2) is 11.5 Å². The second kappa shape index (κ2) is 7.10. The zero-order valence-corrected chi connectivity index (χ0v) is 14.6. The summed E-state index contributed by atoms with van der Waals surface area (Å²) in [5.41, 5.74) is 0.333. The first kappa shape index (κ1) is 16.6. The fraction of sp³-hybridized carbons (Fsp3) is 0.684. The third-order valence-corrected chi connectivity index (χ3v) is 5.77. The molecule has 4 rings (SSSR count). The molecule has 0 aromatic heterocycles. The summed E-state index contributed by atoms with van der Waals surface area (Å²) in [5, 5.41) is 0. The number of hydrogen-bond acceptors (Lipinski definition) is 4. The van der Waals surface area contributed by atoms with Crippen molar-refractivity contribution in [1.82, 2.24) is 4.90 Å². The SMILES string of the molecule is CN1CCC2CCC3(CCO3)CC21.COc1ccccc1OC. The van der Waals surface area contributed by atoms with Crippen molar-refractivity contribution < 1.29 is 14.2 Å². The molecular formula is C19H29NO3. The summed E-state index contributed by atoms with van der Waals surface area (Å²) in [6.07, 6.45) is 6.81. The standard InChI is InChI=1S/C11H19NO.C8H10O2/c1-12-6-3-9-2-4-11(5-7-13-11)8-10(9)12;1-9-7-5-3-4-6-8(7)10-2/h9-10H,2-8H2,1H3;3-6H,1-2H3. The molecule has 128 valence electrons. The van der Waals surface area contributed by atoms with Crippen LogP contribution in [0.1, 0.15) is 32.1 Å². The molecule has 1 aromatic rings. The first-order chi connectivity index (χ1) is 11.2. The minimum atomic E-state index is 0.333. The molecule has 0 radical (unpaired) electrons. The predicted octanol–water partition coefficient (Wildman–Crippen LogP) is 3.35. The number of rotatable bonds is 2. The lowest BCUT2D eigenvalue weighted by molar-refractivity contribution is -0.178. The van der Waals surface area contributed by atoms with Gasteiger partial charge in [-0.3, -0.25) is 0 Å². The molecule has 1 saturated carbocycles. The second-order valence-electron chi connectivity index (χ2n) is 6.98. The predicted molar refractivity (Wildman–Crippen MR) is 91.2 cm³/mol. The maximum Gasteiger partial charge on any atom is 0.160 e. The summed E-state index contributed by atoms with van der Waals surface area (Å²) in [7, 11) is 5.53. The van der Waals surface area contributed by atoms with Gasteiger partial charge in [-0.2, -0.15) is 0 Å². The van der Waals surface area contributed by atoms with E-state index in [0.717, 1.165) is 30.1 Å². The van der Waals surface area contributed by atoms with Crippen molar-refractivity contribution in [2.45, 2.75) is 43.7 Å². The molecule has 3 unspecified atom stereocenters. The third kappa shape index (κ3) is 3.48. The maximum absolute atomic E-state index is 5.79. The van der Waals surface area contributed by atoms with E-state index >= 15 is 0 Å². The molecule has 1 spiro atoms. The number of likely N-dealkylation sites (tertiary alicyclic amines) is 1. The van der Waals surface area contributed by atoms with Crippen LogP contribution < -0.4 is 9.47 Å². The molecule has 4 nitrogen and oxygen atoms in total.